The lowest BCUT2D eigenvalue weighted by Gasteiger charge is -2.08. The Bertz CT molecular complexity index is 1010. The summed E-state index contributed by atoms with van der Waals surface area (Å²) >= 11 is 0. The van der Waals surface area contributed by atoms with Crippen LogP contribution < -0.4 is 5.32 Å². The number of hydrogen-bond donors (Lipinski definition) is 1. The molecule has 1 amide bonds. The average molecular weight is 352 g/mol. The molecule has 3 aromatic rings. The Labute approximate surface area is 152 Å². The second kappa shape index (κ2) is 5.93. The maximum atomic E-state index is 13.1. The molecule has 0 bridgehead atoms. The summed E-state index contributed by atoms with van der Waals surface area (Å²) in [6.45, 7) is 8.04. The van der Waals surface area contributed by atoms with Gasteiger partial charge in [0.2, 0.25) is 0 Å². The Kier molecular flexibility index (Phi) is 3.82. The van der Waals surface area contributed by atoms with Crippen molar-refractivity contribution in [2.45, 2.75) is 52.5 Å². The Morgan fingerprint density at radius 1 is 1.23 bits per heavy atom. The highest BCUT2D eigenvalue weighted by atomic mass is 16.1. The van der Waals surface area contributed by atoms with Gasteiger partial charge >= 0.3 is 0 Å². The number of pyridine rings is 1. The van der Waals surface area contributed by atoms with Gasteiger partial charge in [0, 0.05) is 36.5 Å². The van der Waals surface area contributed by atoms with Crippen molar-refractivity contribution in [2.75, 3.05) is 5.32 Å². The Hall–Kier alpha value is -2.70. The van der Waals surface area contributed by atoms with E-state index in [-0.39, 0.29) is 11.9 Å². The first-order valence-corrected chi connectivity index (χ1v) is 9.07. The summed E-state index contributed by atoms with van der Waals surface area (Å²) in [6, 6.07) is 4.07. The Morgan fingerprint density at radius 3 is 2.58 bits per heavy atom. The van der Waals surface area contributed by atoms with Crippen LogP contribution in [0, 0.1) is 13.8 Å². The molecule has 1 aliphatic carbocycles. The third kappa shape index (κ3) is 2.77. The molecule has 0 unspecified atom stereocenters. The van der Waals surface area contributed by atoms with Crippen molar-refractivity contribution in [3.8, 4) is 0 Å². The van der Waals surface area contributed by atoms with E-state index in [1.807, 2.05) is 37.7 Å². The summed E-state index contributed by atoms with van der Waals surface area (Å²) < 4.78 is 3.66. The van der Waals surface area contributed by atoms with Crippen molar-refractivity contribution < 1.29 is 4.79 Å². The monoisotopic (exact) mass is 352 g/mol. The zero-order valence-corrected chi connectivity index (χ0v) is 15.9. The molecule has 0 spiro atoms. The van der Waals surface area contributed by atoms with Crippen LogP contribution in [0.3, 0.4) is 0 Å². The highest BCUT2D eigenvalue weighted by molar-refractivity contribution is 6.12. The molecule has 0 aliphatic heterocycles. The summed E-state index contributed by atoms with van der Waals surface area (Å²) in [5.74, 6) is 0.869. The highest BCUT2D eigenvalue weighted by Gasteiger charge is 2.28. The molecule has 1 saturated carbocycles. The molecule has 7 heteroatoms. The number of carbonyl (C=O) groups excluding carboxylic acids is 1. The second-order valence-corrected chi connectivity index (χ2v) is 7.44. The van der Waals surface area contributed by atoms with E-state index in [2.05, 4.69) is 29.4 Å². The van der Waals surface area contributed by atoms with Crippen molar-refractivity contribution in [3.05, 3.63) is 34.8 Å². The van der Waals surface area contributed by atoms with Crippen LogP contribution in [0.15, 0.2) is 12.1 Å². The normalized spacial score (nSPS) is 14.4. The first-order chi connectivity index (χ1) is 12.3. The molecule has 0 radical (unpaired) electrons. The third-order valence-corrected chi connectivity index (χ3v) is 4.88. The molecule has 136 valence electrons. The zero-order chi connectivity index (χ0) is 18.6. The Morgan fingerprint density at radius 2 is 1.96 bits per heavy atom. The molecule has 4 rings (SSSR count). The number of nitrogens with zero attached hydrogens (tertiary/aromatic N) is 5. The summed E-state index contributed by atoms with van der Waals surface area (Å²) in [6.07, 6.45) is 2.27. The predicted octanol–water partition coefficient (Wildman–Crippen LogP) is 3.49. The molecule has 7 nitrogen and oxygen atoms in total. The van der Waals surface area contributed by atoms with Gasteiger partial charge in [0.05, 0.1) is 16.6 Å². The van der Waals surface area contributed by atoms with Gasteiger partial charge in [0.25, 0.3) is 5.91 Å². The number of carbonyl (C=O) groups is 1. The van der Waals surface area contributed by atoms with E-state index in [1.165, 1.54) is 0 Å². The first kappa shape index (κ1) is 16.8. The van der Waals surface area contributed by atoms with Crippen LogP contribution in [0.4, 0.5) is 5.82 Å². The lowest BCUT2D eigenvalue weighted by atomic mass is 10.1. The second-order valence-electron chi connectivity index (χ2n) is 7.44. The molecule has 0 saturated heterocycles. The van der Waals surface area contributed by atoms with Gasteiger partial charge in [-0.05, 0) is 46.6 Å². The SMILES string of the molecule is Cc1nn(C)c2nc(C3CC3)cc(C(=O)Nc3cc(C)n(C(C)C)n3)c12. The smallest absolute Gasteiger partial charge is 0.257 e. The van der Waals surface area contributed by atoms with Crippen LogP contribution in [0.25, 0.3) is 11.0 Å². The van der Waals surface area contributed by atoms with Crippen LogP contribution in [0.2, 0.25) is 0 Å². The van der Waals surface area contributed by atoms with E-state index in [9.17, 15) is 4.79 Å². The number of fused-ring (bicyclic) bond motifs is 1. The van der Waals surface area contributed by atoms with Gasteiger partial charge in [-0.15, -0.1) is 0 Å². The Balaban J connectivity index is 1.75. The van der Waals surface area contributed by atoms with Crippen LogP contribution in [-0.4, -0.2) is 30.5 Å². The molecule has 0 atom stereocenters. The van der Waals surface area contributed by atoms with Crippen molar-refractivity contribution in [1.29, 1.82) is 0 Å². The molecular weight excluding hydrogens is 328 g/mol. The number of aryl methyl sites for hydroxylation is 3. The number of aromatic nitrogens is 5. The maximum Gasteiger partial charge on any atom is 0.257 e. The molecule has 0 aromatic carbocycles. The number of hydrogen-bond acceptors (Lipinski definition) is 4. The fourth-order valence-electron chi connectivity index (χ4n) is 3.49. The minimum Gasteiger partial charge on any atom is -0.305 e. The fraction of sp³-hybridized carbons (Fsp3) is 0.474. The minimum atomic E-state index is -0.163. The summed E-state index contributed by atoms with van der Waals surface area (Å²) in [7, 11) is 1.87. The number of amides is 1. The third-order valence-electron chi connectivity index (χ3n) is 4.88. The summed E-state index contributed by atoms with van der Waals surface area (Å²) in [4.78, 5) is 17.8. The van der Waals surface area contributed by atoms with Gasteiger partial charge in [0.1, 0.15) is 0 Å². The van der Waals surface area contributed by atoms with E-state index < -0.39 is 0 Å². The maximum absolute atomic E-state index is 13.1. The van der Waals surface area contributed by atoms with Gasteiger partial charge in [-0.3, -0.25) is 14.2 Å². The van der Waals surface area contributed by atoms with Gasteiger partial charge in [-0.25, -0.2) is 4.98 Å². The van der Waals surface area contributed by atoms with E-state index >= 15 is 0 Å². The molecule has 3 heterocycles. The van der Waals surface area contributed by atoms with Crippen LogP contribution >= 0.6 is 0 Å². The van der Waals surface area contributed by atoms with Gasteiger partial charge in [-0.2, -0.15) is 10.2 Å². The first-order valence-electron chi connectivity index (χ1n) is 9.07. The van der Waals surface area contributed by atoms with Crippen LogP contribution in [0.5, 0.6) is 0 Å². The van der Waals surface area contributed by atoms with Crippen LogP contribution in [-0.2, 0) is 7.05 Å². The van der Waals surface area contributed by atoms with Crippen molar-refractivity contribution in [2.24, 2.45) is 7.05 Å². The van der Waals surface area contributed by atoms with E-state index in [4.69, 9.17) is 4.98 Å². The highest BCUT2D eigenvalue weighted by Crippen LogP contribution is 2.40. The molecule has 1 aliphatic rings. The van der Waals surface area contributed by atoms with Gasteiger partial charge < -0.3 is 5.32 Å². The van der Waals surface area contributed by atoms with Crippen molar-refractivity contribution in [3.63, 3.8) is 0 Å². The lowest BCUT2D eigenvalue weighted by Crippen LogP contribution is -2.14. The van der Waals surface area contributed by atoms with E-state index in [0.29, 0.717) is 17.3 Å². The van der Waals surface area contributed by atoms with Gasteiger partial charge in [0.15, 0.2) is 11.5 Å². The number of nitrogens with one attached hydrogen (secondary N) is 1. The molecule has 1 N–H and O–H groups in total. The number of anilines is 1. The van der Waals surface area contributed by atoms with Crippen molar-refractivity contribution >= 4 is 22.8 Å². The van der Waals surface area contributed by atoms with Crippen molar-refractivity contribution in [1.82, 2.24) is 24.5 Å². The van der Waals surface area contributed by atoms with E-state index in [1.54, 1.807) is 4.68 Å². The lowest BCUT2D eigenvalue weighted by molar-refractivity contribution is 0.102. The average Bonchev–Trinajstić information content (AvgIpc) is 3.31. The molecular formula is C19H24N6O. The topological polar surface area (TPSA) is 77.6 Å². The summed E-state index contributed by atoms with van der Waals surface area (Å²) in [5, 5.41) is 12.7. The number of rotatable bonds is 4. The molecule has 3 aromatic heterocycles. The largest absolute Gasteiger partial charge is 0.305 e. The molecule has 1 fully saturated rings. The standard InChI is InChI=1S/C19H24N6O/c1-10(2)25-11(3)8-16(23-25)21-19(26)14-9-15(13-6-7-13)20-18-17(14)12(4)22-24(18)5/h8-10,13H,6-7H2,1-5H3,(H,21,23,26). The van der Waals surface area contributed by atoms with E-state index in [0.717, 1.165) is 41.0 Å². The summed E-state index contributed by atoms with van der Waals surface area (Å²) in [5.41, 5.74) is 4.20. The fourth-order valence-corrected chi connectivity index (χ4v) is 3.49. The quantitative estimate of drug-likeness (QED) is 0.780. The minimum absolute atomic E-state index is 0.163. The molecule has 26 heavy (non-hydrogen) atoms. The predicted molar refractivity (Wildman–Crippen MR) is 101 cm³/mol. The zero-order valence-electron chi connectivity index (χ0n) is 15.9. The van der Waals surface area contributed by atoms with Gasteiger partial charge in [-0.1, -0.05) is 0 Å². The van der Waals surface area contributed by atoms with Crippen LogP contribution in [0.1, 0.15) is 66.1 Å².